The number of ketones is 1. The van der Waals surface area contributed by atoms with Crippen molar-refractivity contribution >= 4 is 35.9 Å². The molecule has 1 heterocycles. The Hall–Kier alpha value is -1.78. The van der Waals surface area contributed by atoms with E-state index in [4.69, 9.17) is 14.6 Å². The first-order valence-corrected chi connectivity index (χ1v) is 8.09. The van der Waals surface area contributed by atoms with E-state index < -0.39 is 11.9 Å². The van der Waals surface area contributed by atoms with Crippen molar-refractivity contribution in [2.24, 2.45) is 5.92 Å². The molecular formula is C15H16O5Se. The van der Waals surface area contributed by atoms with Gasteiger partial charge < -0.3 is 0 Å². The molecule has 0 saturated heterocycles. The number of Topliss-reactive ketones (excluding diaryl/α,β-unsaturated/α-hetero) is 1. The fraction of sp³-hybridized carbons (Fsp3) is 0.333. The molecule has 0 aliphatic carbocycles. The van der Waals surface area contributed by atoms with Crippen LogP contribution >= 0.6 is 0 Å². The van der Waals surface area contributed by atoms with Gasteiger partial charge in [-0.3, -0.25) is 0 Å². The molecule has 0 aliphatic rings. The maximum absolute atomic E-state index is 12.2. The van der Waals surface area contributed by atoms with E-state index in [9.17, 15) is 9.59 Å². The van der Waals surface area contributed by atoms with Crippen LogP contribution in [0.3, 0.4) is 0 Å². The number of rotatable bonds is 6. The van der Waals surface area contributed by atoms with Crippen LogP contribution < -0.4 is 9.47 Å². The summed E-state index contributed by atoms with van der Waals surface area (Å²) in [4.78, 5) is 23.0. The zero-order valence-electron chi connectivity index (χ0n) is 12.0. The van der Waals surface area contributed by atoms with Gasteiger partial charge in [-0.05, 0) is 0 Å². The predicted octanol–water partition coefficient (Wildman–Crippen LogP) is 2.21. The van der Waals surface area contributed by atoms with Gasteiger partial charge in [0.1, 0.15) is 0 Å². The number of carboxylic acids is 1. The van der Waals surface area contributed by atoms with E-state index in [1.54, 1.807) is 21.1 Å². The SMILES string of the molecule is COc1cc2cc(C(=O)C[C@H](C)C(=O)O)[se]c2cc1OC. The summed E-state index contributed by atoms with van der Waals surface area (Å²) >= 11 is -0.121. The summed E-state index contributed by atoms with van der Waals surface area (Å²) < 4.78 is 12.2. The van der Waals surface area contributed by atoms with Crippen LogP contribution in [0.1, 0.15) is 22.6 Å². The molecule has 1 atom stereocenters. The van der Waals surface area contributed by atoms with E-state index in [1.165, 1.54) is 0 Å². The first kappa shape index (κ1) is 15.6. The van der Waals surface area contributed by atoms with Crippen LogP contribution in [-0.4, -0.2) is 45.6 Å². The average molecular weight is 355 g/mol. The number of carbonyl (C=O) groups excluding carboxylic acids is 1. The molecule has 1 aromatic heterocycles. The molecule has 112 valence electrons. The summed E-state index contributed by atoms with van der Waals surface area (Å²) in [6.45, 7) is 1.54. The van der Waals surface area contributed by atoms with Crippen LogP contribution in [-0.2, 0) is 4.79 Å². The van der Waals surface area contributed by atoms with Crippen LogP contribution in [0.4, 0.5) is 0 Å². The number of carboxylic acid groups (broad SMARTS) is 1. The number of benzene rings is 1. The Morgan fingerprint density at radius 2 is 1.81 bits per heavy atom. The molecule has 0 aliphatic heterocycles. The van der Waals surface area contributed by atoms with Crippen molar-refractivity contribution in [1.29, 1.82) is 0 Å². The molecule has 1 N–H and O–H groups in total. The van der Waals surface area contributed by atoms with Gasteiger partial charge in [0.15, 0.2) is 0 Å². The van der Waals surface area contributed by atoms with E-state index in [-0.39, 0.29) is 26.7 Å². The van der Waals surface area contributed by atoms with Gasteiger partial charge in [0.2, 0.25) is 0 Å². The number of fused-ring (bicyclic) bond motifs is 1. The Labute approximate surface area is 128 Å². The second-order valence-electron chi connectivity index (χ2n) is 4.72. The molecule has 6 heteroatoms. The third-order valence-electron chi connectivity index (χ3n) is 3.21. The third-order valence-corrected chi connectivity index (χ3v) is 5.60. The van der Waals surface area contributed by atoms with Crippen molar-refractivity contribution in [1.82, 2.24) is 0 Å². The quantitative estimate of drug-likeness (QED) is 0.635. The summed E-state index contributed by atoms with van der Waals surface area (Å²) in [5, 5.41) is 9.83. The van der Waals surface area contributed by atoms with Crippen LogP contribution in [0, 0.1) is 5.92 Å². The molecule has 0 spiro atoms. The average Bonchev–Trinajstić information content (AvgIpc) is 2.88. The molecule has 2 rings (SSSR count). The molecule has 0 amide bonds. The van der Waals surface area contributed by atoms with Gasteiger partial charge in [-0.1, -0.05) is 0 Å². The van der Waals surface area contributed by atoms with E-state index in [0.29, 0.717) is 15.9 Å². The zero-order valence-corrected chi connectivity index (χ0v) is 13.7. The standard InChI is InChI=1S/C15H16O5Se/c1-8(15(17)18)4-10(16)14-6-9-5-11(19-2)12(20-3)7-13(9)21-14/h5-8H,4H2,1-3H3,(H,17,18)/t8-/m0/s1. The number of hydrogen-bond acceptors (Lipinski definition) is 4. The second-order valence-corrected chi connectivity index (χ2v) is 7.00. The molecule has 0 saturated carbocycles. The summed E-state index contributed by atoms with van der Waals surface area (Å²) in [7, 11) is 3.13. The Morgan fingerprint density at radius 1 is 1.19 bits per heavy atom. The van der Waals surface area contributed by atoms with Crippen molar-refractivity contribution in [3.05, 3.63) is 22.6 Å². The monoisotopic (exact) mass is 356 g/mol. The van der Waals surface area contributed by atoms with Gasteiger partial charge >= 0.3 is 128 Å². The minimum atomic E-state index is -0.949. The number of ether oxygens (including phenoxy) is 2. The molecule has 2 aromatic rings. The van der Waals surface area contributed by atoms with E-state index in [1.807, 2.05) is 18.2 Å². The summed E-state index contributed by atoms with van der Waals surface area (Å²) in [5.41, 5.74) is 0. The Morgan fingerprint density at radius 3 is 2.38 bits per heavy atom. The van der Waals surface area contributed by atoms with Crippen molar-refractivity contribution < 1.29 is 24.2 Å². The number of hydrogen-bond donors (Lipinski definition) is 1. The predicted molar refractivity (Wildman–Crippen MR) is 79.7 cm³/mol. The van der Waals surface area contributed by atoms with Gasteiger partial charge in [-0.2, -0.15) is 0 Å². The normalized spacial score (nSPS) is 12.1. The topological polar surface area (TPSA) is 72.8 Å². The van der Waals surface area contributed by atoms with Gasteiger partial charge in [0.05, 0.1) is 0 Å². The minimum absolute atomic E-state index is 0.0329. The van der Waals surface area contributed by atoms with Crippen LogP contribution in [0.25, 0.3) is 9.65 Å². The van der Waals surface area contributed by atoms with Crippen molar-refractivity contribution in [3.63, 3.8) is 0 Å². The summed E-state index contributed by atoms with van der Waals surface area (Å²) in [5.74, 6) is -0.452. The summed E-state index contributed by atoms with van der Waals surface area (Å²) in [6, 6.07) is 5.55. The number of carbonyl (C=O) groups is 2. The second kappa shape index (κ2) is 6.33. The third kappa shape index (κ3) is 3.28. The van der Waals surface area contributed by atoms with Crippen molar-refractivity contribution in [2.75, 3.05) is 14.2 Å². The first-order valence-electron chi connectivity index (χ1n) is 6.37. The van der Waals surface area contributed by atoms with Gasteiger partial charge in [0, 0.05) is 0 Å². The van der Waals surface area contributed by atoms with Gasteiger partial charge in [-0.15, -0.1) is 0 Å². The number of aliphatic carboxylic acids is 1. The Bertz CT molecular complexity index is 648. The van der Waals surface area contributed by atoms with E-state index >= 15 is 0 Å². The fourth-order valence-corrected chi connectivity index (χ4v) is 4.11. The molecule has 0 unspecified atom stereocenters. The Balaban J connectivity index is 2.34. The molecule has 0 fully saturated rings. The van der Waals surface area contributed by atoms with Crippen LogP contribution in [0.2, 0.25) is 0 Å². The molecule has 0 bridgehead atoms. The molecule has 5 nitrogen and oxygen atoms in total. The van der Waals surface area contributed by atoms with Gasteiger partial charge in [-0.25, -0.2) is 0 Å². The van der Waals surface area contributed by atoms with Crippen molar-refractivity contribution in [3.8, 4) is 11.5 Å². The molecule has 1 aromatic carbocycles. The molecule has 0 radical (unpaired) electrons. The molecular weight excluding hydrogens is 339 g/mol. The molecule has 21 heavy (non-hydrogen) atoms. The van der Waals surface area contributed by atoms with E-state index in [0.717, 1.165) is 9.65 Å². The zero-order chi connectivity index (χ0) is 15.6. The van der Waals surface area contributed by atoms with Crippen LogP contribution in [0.5, 0.6) is 11.5 Å². The van der Waals surface area contributed by atoms with Gasteiger partial charge in [0.25, 0.3) is 0 Å². The first-order chi connectivity index (χ1) is 9.96. The number of methoxy groups -OCH3 is 2. The van der Waals surface area contributed by atoms with Crippen LogP contribution in [0.15, 0.2) is 18.2 Å². The maximum atomic E-state index is 12.2. The summed E-state index contributed by atoms with van der Waals surface area (Å²) in [6.07, 6.45) is 0.0329. The van der Waals surface area contributed by atoms with Crippen molar-refractivity contribution in [2.45, 2.75) is 13.3 Å². The Kier molecular flexibility index (Phi) is 4.70. The van der Waals surface area contributed by atoms with E-state index in [2.05, 4.69) is 0 Å². The fourth-order valence-electron chi connectivity index (χ4n) is 1.97.